The molecule has 5 nitrogen and oxygen atoms in total. The van der Waals surface area contributed by atoms with E-state index in [4.69, 9.17) is 5.73 Å². The largest absolute Gasteiger partial charge is 0.366 e. The Labute approximate surface area is 132 Å². The number of para-hydroxylation sites is 1. The average molecular weight is 320 g/mol. The van der Waals surface area contributed by atoms with Gasteiger partial charge in [0.05, 0.1) is 5.69 Å². The van der Waals surface area contributed by atoms with Gasteiger partial charge in [-0.2, -0.15) is 0 Å². The maximum Gasteiger partial charge on any atom is 0.273 e. The van der Waals surface area contributed by atoms with Gasteiger partial charge >= 0.3 is 0 Å². The highest BCUT2D eigenvalue weighted by molar-refractivity contribution is 7.09. The molecule has 1 saturated heterocycles. The van der Waals surface area contributed by atoms with E-state index < -0.39 is 0 Å². The summed E-state index contributed by atoms with van der Waals surface area (Å²) in [5, 5.41) is 2.50. The third-order valence-corrected chi connectivity index (χ3v) is 4.58. The third kappa shape index (κ3) is 2.95. The fourth-order valence-corrected chi connectivity index (χ4v) is 3.17. The van der Waals surface area contributed by atoms with E-state index in [1.165, 1.54) is 17.4 Å². The van der Waals surface area contributed by atoms with Gasteiger partial charge in [0.15, 0.2) is 0 Å². The summed E-state index contributed by atoms with van der Waals surface area (Å²) >= 11 is 1.40. The molecule has 1 aromatic carbocycles. The first kappa shape index (κ1) is 14.9. The van der Waals surface area contributed by atoms with E-state index in [9.17, 15) is 9.18 Å². The molecule has 1 aliphatic heterocycles. The first-order valence-electron chi connectivity index (χ1n) is 7.12. The van der Waals surface area contributed by atoms with Crippen LogP contribution in [0.4, 0.5) is 10.1 Å². The summed E-state index contributed by atoms with van der Waals surface area (Å²) in [6, 6.07) is 6.71. The third-order valence-electron chi connectivity index (χ3n) is 3.71. The van der Waals surface area contributed by atoms with Crippen LogP contribution in [0, 0.1) is 5.82 Å². The lowest BCUT2D eigenvalue weighted by molar-refractivity contribution is 0.0741. The van der Waals surface area contributed by atoms with Crippen LogP contribution < -0.4 is 10.6 Å². The Hall–Kier alpha value is -1.99. The minimum absolute atomic E-state index is 0.0795. The van der Waals surface area contributed by atoms with Crippen molar-refractivity contribution in [3.05, 3.63) is 46.2 Å². The van der Waals surface area contributed by atoms with Gasteiger partial charge in [-0.15, -0.1) is 11.3 Å². The monoisotopic (exact) mass is 320 g/mol. The van der Waals surface area contributed by atoms with E-state index in [-0.39, 0.29) is 11.7 Å². The highest BCUT2D eigenvalue weighted by Gasteiger charge is 2.24. The number of hydrogen-bond acceptors (Lipinski definition) is 5. The molecule has 116 valence electrons. The lowest BCUT2D eigenvalue weighted by Crippen LogP contribution is -2.49. The number of rotatable bonds is 3. The van der Waals surface area contributed by atoms with Crippen molar-refractivity contribution in [3.63, 3.8) is 0 Å². The minimum atomic E-state index is -0.227. The molecule has 1 aliphatic rings. The number of benzene rings is 1. The van der Waals surface area contributed by atoms with Crippen LogP contribution in [0.15, 0.2) is 29.6 Å². The van der Waals surface area contributed by atoms with Crippen LogP contribution in [0.25, 0.3) is 0 Å². The van der Waals surface area contributed by atoms with Gasteiger partial charge in [0.1, 0.15) is 16.5 Å². The zero-order valence-electron chi connectivity index (χ0n) is 12.0. The number of hydrogen-bond donors (Lipinski definition) is 1. The summed E-state index contributed by atoms with van der Waals surface area (Å²) in [4.78, 5) is 20.3. The Morgan fingerprint density at radius 2 is 2.00 bits per heavy atom. The van der Waals surface area contributed by atoms with Crippen LogP contribution in [-0.4, -0.2) is 42.0 Å². The molecule has 0 spiro atoms. The number of carbonyl (C=O) groups excluding carboxylic acids is 1. The normalized spacial score (nSPS) is 15.2. The highest BCUT2D eigenvalue weighted by Crippen LogP contribution is 2.21. The fraction of sp³-hybridized carbons (Fsp3) is 0.333. The van der Waals surface area contributed by atoms with Crippen molar-refractivity contribution in [2.45, 2.75) is 6.54 Å². The van der Waals surface area contributed by atoms with Gasteiger partial charge < -0.3 is 15.5 Å². The molecule has 1 amide bonds. The maximum atomic E-state index is 13.8. The Morgan fingerprint density at radius 1 is 1.27 bits per heavy atom. The quantitative estimate of drug-likeness (QED) is 0.935. The van der Waals surface area contributed by atoms with Gasteiger partial charge in [-0.25, -0.2) is 9.37 Å². The molecule has 1 aromatic heterocycles. The number of thiazole rings is 1. The molecule has 0 saturated carbocycles. The molecule has 2 N–H and O–H groups in total. The lowest BCUT2D eigenvalue weighted by atomic mass is 10.2. The van der Waals surface area contributed by atoms with Crippen LogP contribution in [-0.2, 0) is 6.54 Å². The summed E-state index contributed by atoms with van der Waals surface area (Å²) in [6.45, 7) is 2.69. The summed E-state index contributed by atoms with van der Waals surface area (Å²) in [7, 11) is 0. The van der Waals surface area contributed by atoms with E-state index in [0.717, 1.165) is 5.01 Å². The van der Waals surface area contributed by atoms with E-state index in [1.54, 1.807) is 22.4 Å². The van der Waals surface area contributed by atoms with Crippen molar-refractivity contribution < 1.29 is 9.18 Å². The van der Waals surface area contributed by atoms with Gasteiger partial charge in [-0.1, -0.05) is 12.1 Å². The first-order chi connectivity index (χ1) is 10.7. The number of anilines is 1. The van der Waals surface area contributed by atoms with Crippen LogP contribution in [0.1, 0.15) is 15.5 Å². The number of amides is 1. The van der Waals surface area contributed by atoms with Gasteiger partial charge in [-0.05, 0) is 12.1 Å². The van der Waals surface area contributed by atoms with Crippen molar-refractivity contribution in [1.29, 1.82) is 0 Å². The molecular formula is C15H17FN4OS. The Morgan fingerprint density at radius 3 is 2.64 bits per heavy atom. The Bertz CT molecular complexity index is 667. The Kier molecular flexibility index (Phi) is 4.35. The van der Waals surface area contributed by atoms with E-state index in [2.05, 4.69) is 4.98 Å². The molecule has 2 heterocycles. The molecule has 22 heavy (non-hydrogen) atoms. The second-order valence-corrected chi connectivity index (χ2v) is 6.00. The molecule has 2 aromatic rings. The number of nitrogens with two attached hydrogens (primary N) is 1. The highest BCUT2D eigenvalue weighted by atomic mass is 32.1. The van der Waals surface area contributed by atoms with Crippen LogP contribution in [0.5, 0.6) is 0 Å². The SMILES string of the molecule is NCc1nc(C(=O)N2CCN(c3ccccc3F)CC2)cs1. The van der Waals surface area contributed by atoms with Crippen molar-refractivity contribution in [1.82, 2.24) is 9.88 Å². The molecule has 7 heteroatoms. The zero-order valence-corrected chi connectivity index (χ0v) is 12.9. The molecular weight excluding hydrogens is 303 g/mol. The number of carbonyl (C=O) groups is 1. The molecule has 1 fully saturated rings. The predicted molar refractivity (Wildman–Crippen MR) is 84.5 cm³/mol. The van der Waals surface area contributed by atoms with Crippen molar-refractivity contribution in [2.75, 3.05) is 31.1 Å². The van der Waals surface area contributed by atoms with E-state index in [1.807, 2.05) is 11.0 Å². The second kappa shape index (κ2) is 6.41. The number of halogens is 1. The maximum absolute atomic E-state index is 13.8. The smallest absolute Gasteiger partial charge is 0.273 e. The molecule has 3 rings (SSSR count). The molecule has 0 radical (unpaired) electrons. The van der Waals surface area contributed by atoms with Crippen molar-refractivity contribution >= 4 is 22.9 Å². The van der Waals surface area contributed by atoms with Gasteiger partial charge in [0.2, 0.25) is 0 Å². The van der Waals surface area contributed by atoms with Crippen molar-refractivity contribution in [2.24, 2.45) is 5.73 Å². The van der Waals surface area contributed by atoms with Crippen molar-refractivity contribution in [3.8, 4) is 0 Å². The fourth-order valence-electron chi connectivity index (χ4n) is 2.52. The van der Waals surface area contributed by atoms with E-state index >= 15 is 0 Å². The summed E-state index contributed by atoms with van der Waals surface area (Å²) in [5.41, 5.74) is 6.56. The van der Waals surface area contributed by atoms with Crippen LogP contribution in [0.2, 0.25) is 0 Å². The number of nitrogens with zero attached hydrogens (tertiary/aromatic N) is 3. The van der Waals surface area contributed by atoms with Crippen LogP contribution >= 0.6 is 11.3 Å². The van der Waals surface area contributed by atoms with Gasteiger partial charge in [0.25, 0.3) is 5.91 Å². The topological polar surface area (TPSA) is 62.5 Å². The first-order valence-corrected chi connectivity index (χ1v) is 8.00. The lowest BCUT2D eigenvalue weighted by Gasteiger charge is -2.35. The van der Waals surface area contributed by atoms with Gasteiger partial charge in [-0.3, -0.25) is 4.79 Å². The standard InChI is InChI=1S/C15H17FN4OS/c16-11-3-1-2-4-13(11)19-5-7-20(8-6-19)15(21)12-10-22-14(9-17)18-12/h1-4,10H,5-9,17H2. The molecule has 0 aliphatic carbocycles. The predicted octanol–water partition coefficient (Wildman–Crippen LogP) is 1.70. The number of piperazine rings is 1. The minimum Gasteiger partial charge on any atom is -0.366 e. The van der Waals surface area contributed by atoms with Crippen LogP contribution in [0.3, 0.4) is 0 Å². The van der Waals surface area contributed by atoms with E-state index in [0.29, 0.717) is 44.1 Å². The molecule has 0 atom stereocenters. The molecule has 0 bridgehead atoms. The number of aromatic nitrogens is 1. The summed E-state index contributed by atoms with van der Waals surface area (Å²) in [6.07, 6.45) is 0. The average Bonchev–Trinajstić information content (AvgIpc) is 3.04. The zero-order chi connectivity index (χ0) is 15.5. The summed E-state index contributed by atoms with van der Waals surface area (Å²) < 4.78 is 13.8. The Balaban J connectivity index is 1.64. The van der Waals surface area contributed by atoms with Gasteiger partial charge in [0, 0.05) is 38.1 Å². The molecule has 0 unspecified atom stereocenters. The second-order valence-electron chi connectivity index (χ2n) is 5.06. The summed E-state index contributed by atoms with van der Waals surface area (Å²) in [5.74, 6) is -0.307.